The van der Waals surface area contributed by atoms with Gasteiger partial charge in [-0.2, -0.15) is 0 Å². The summed E-state index contributed by atoms with van der Waals surface area (Å²) in [6.45, 7) is 20.7. The maximum Gasteiger partial charge on any atom is 0.119 e. The molecular formula is C21H38BrN3O. The van der Waals surface area contributed by atoms with E-state index in [9.17, 15) is 0 Å². The van der Waals surface area contributed by atoms with Gasteiger partial charge in [0, 0.05) is 24.1 Å². The summed E-state index contributed by atoms with van der Waals surface area (Å²) >= 11 is 3.48. The number of ether oxygens (including phenoxy) is 1. The van der Waals surface area contributed by atoms with Gasteiger partial charge in [-0.1, -0.05) is 50.5 Å². The average molecular weight is 428 g/mol. The second-order valence-corrected chi connectivity index (χ2v) is 7.48. The smallest absolute Gasteiger partial charge is 0.119 e. The molecule has 4 nitrogen and oxygen atoms in total. The fourth-order valence-electron chi connectivity index (χ4n) is 3.24. The van der Waals surface area contributed by atoms with Gasteiger partial charge in [-0.05, 0) is 57.0 Å². The van der Waals surface area contributed by atoms with E-state index >= 15 is 0 Å². The summed E-state index contributed by atoms with van der Waals surface area (Å²) in [5, 5.41) is 0. The summed E-state index contributed by atoms with van der Waals surface area (Å²) in [7, 11) is 0. The molecule has 1 aromatic carbocycles. The first-order valence-electron chi connectivity index (χ1n) is 10.1. The molecule has 0 fully saturated rings. The van der Waals surface area contributed by atoms with Crippen LogP contribution in [0.4, 0.5) is 0 Å². The number of likely N-dealkylation sites (N-methyl/N-ethyl adjacent to an activating group) is 3. The highest BCUT2D eigenvalue weighted by Gasteiger charge is 2.20. The number of halogens is 1. The molecule has 0 aliphatic heterocycles. The lowest BCUT2D eigenvalue weighted by Gasteiger charge is -2.34. The number of hydrogen-bond donors (Lipinski definition) is 0. The molecule has 0 aromatic heterocycles. The zero-order valence-electron chi connectivity index (χ0n) is 17.4. The van der Waals surface area contributed by atoms with Gasteiger partial charge in [0.15, 0.2) is 0 Å². The van der Waals surface area contributed by atoms with Gasteiger partial charge < -0.3 is 14.5 Å². The first-order valence-corrected chi connectivity index (χ1v) is 10.9. The Labute approximate surface area is 169 Å². The molecule has 0 bridgehead atoms. The van der Waals surface area contributed by atoms with Crippen molar-refractivity contribution in [2.24, 2.45) is 0 Å². The van der Waals surface area contributed by atoms with Crippen molar-refractivity contribution < 1.29 is 4.74 Å². The first kappa shape index (κ1) is 23.4. The largest absolute Gasteiger partial charge is 0.492 e. The second-order valence-electron chi connectivity index (χ2n) is 6.56. The predicted octanol–water partition coefficient (Wildman–Crippen LogP) is 4.20. The summed E-state index contributed by atoms with van der Waals surface area (Å²) in [5.74, 6) is 0.941. The number of hydrogen-bond acceptors (Lipinski definition) is 4. The van der Waals surface area contributed by atoms with E-state index in [0.717, 1.165) is 69.2 Å². The highest BCUT2D eigenvalue weighted by atomic mass is 79.9. The maximum absolute atomic E-state index is 6.12. The molecule has 0 N–H and O–H groups in total. The van der Waals surface area contributed by atoms with E-state index in [1.807, 2.05) is 24.3 Å². The molecule has 0 spiro atoms. The molecule has 1 rings (SSSR count). The fraction of sp³-hybridized carbons (Fsp3) is 0.714. The van der Waals surface area contributed by atoms with E-state index in [1.54, 1.807) is 0 Å². The van der Waals surface area contributed by atoms with Crippen molar-refractivity contribution >= 4 is 15.9 Å². The Kier molecular flexibility index (Phi) is 12.2. The standard InChI is InChI=1S/C21H38BrN3O/c1-6-23(7-2)15-16-24(8-3)17-20(25(9-4)10-5)18-26-21-13-11-19(22)12-14-21/h11-14,20H,6-10,15-18H2,1-5H3/t20-/m1/s1. The molecule has 150 valence electrons. The quantitative estimate of drug-likeness (QED) is 0.442. The lowest BCUT2D eigenvalue weighted by molar-refractivity contribution is 0.100. The van der Waals surface area contributed by atoms with E-state index in [4.69, 9.17) is 4.74 Å². The van der Waals surface area contributed by atoms with Crippen molar-refractivity contribution in [2.75, 3.05) is 59.0 Å². The van der Waals surface area contributed by atoms with Gasteiger partial charge in [-0.3, -0.25) is 4.90 Å². The minimum Gasteiger partial charge on any atom is -0.492 e. The van der Waals surface area contributed by atoms with Crippen molar-refractivity contribution in [1.82, 2.24) is 14.7 Å². The van der Waals surface area contributed by atoms with Gasteiger partial charge in [0.25, 0.3) is 0 Å². The average Bonchev–Trinajstić information content (AvgIpc) is 2.67. The molecule has 0 unspecified atom stereocenters. The third kappa shape index (κ3) is 8.38. The third-order valence-corrected chi connectivity index (χ3v) is 5.66. The van der Waals surface area contributed by atoms with Crippen LogP contribution in [0.25, 0.3) is 0 Å². The van der Waals surface area contributed by atoms with Crippen LogP contribution >= 0.6 is 15.9 Å². The van der Waals surface area contributed by atoms with Crippen LogP contribution in [0.5, 0.6) is 5.75 Å². The van der Waals surface area contributed by atoms with Gasteiger partial charge in [0.1, 0.15) is 12.4 Å². The Morgan fingerprint density at radius 2 is 1.35 bits per heavy atom. The second kappa shape index (κ2) is 13.5. The van der Waals surface area contributed by atoms with Crippen LogP contribution in [0, 0.1) is 0 Å². The number of rotatable bonds is 14. The van der Waals surface area contributed by atoms with Crippen LogP contribution < -0.4 is 4.74 Å². The number of benzene rings is 1. The molecule has 0 saturated heterocycles. The van der Waals surface area contributed by atoms with Crippen molar-refractivity contribution in [3.8, 4) is 5.75 Å². The van der Waals surface area contributed by atoms with Crippen molar-refractivity contribution in [3.63, 3.8) is 0 Å². The molecule has 1 atom stereocenters. The lowest BCUT2D eigenvalue weighted by atomic mass is 10.2. The lowest BCUT2D eigenvalue weighted by Crippen LogP contribution is -2.48. The Balaban J connectivity index is 2.66. The molecule has 26 heavy (non-hydrogen) atoms. The first-order chi connectivity index (χ1) is 12.6. The summed E-state index contributed by atoms with van der Waals surface area (Å²) in [6.07, 6.45) is 0. The third-order valence-electron chi connectivity index (χ3n) is 5.13. The van der Waals surface area contributed by atoms with E-state index in [-0.39, 0.29) is 0 Å². The Morgan fingerprint density at radius 3 is 1.85 bits per heavy atom. The van der Waals surface area contributed by atoms with Crippen molar-refractivity contribution in [3.05, 3.63) is 28.7 Å². The summed E-state index contributed by atoms with van der Waals surface area (Å²) < 4.78 is 7.20. The molecule has 0 aliphatic carbocycles. The zero-order valence-corrected chi connectivity index (χ0v) is 19.0. The highest BCUT2D eigenvalue weighted by Crippen LogP contribution is 2.17. The van der Waals surface area contributed by atoms with E-state index in [1.165, 1.54) is 0 Å². The van der Waals surface area contributed by atoms with E-state index in [2.05, 4.69) is 65.2 Å². The van der Waals surface area contributed by atoms with E-state index < -0.39 is 0 Å². The molecular weight excluding hydrogens is 390 g/mol. The van der Waals surface area contributed by atoms with Crippen molar-refractivity contribution in [2.45, 2.75) is 40.7 Å². The van der Waals surface area contributed by atoms with Gasteiger partial charge in [0.2, 0.25) is 0 Å². The normalized spacial score (nSPS) is 13.0. The van der Waals surface area contributed by atoms with Crippen LogP contribution in [0.15, 0.2) is 28.7 Å². The molecule has 0 heterocycles. The molecule has 1 aromatic rings. The molecule has 0 amide bonds. The Bertz CT molecular complexity index is 461. The van der Waals surface area contributed by atoms with Crippen LogP contribution in [0.1, 0.15) is 34.6 Å². The summed E-state index contributed by atoms with van der Waals surface area (Å²) in [6, 6.07) is 8.53. The van der Waals surface area contributed by atoms with Crippen LogP contribution in [0.2, 0.25) is 0 Å². The summed E-state index contributed by atoms with van der Waals surface area (Å²) in [5.41, 5.74) is 0. The maximum atomic E-state index is 6.12. The molecule has 5 heteroatoms. The van der Waals surface area contributed by atoms with Gasteiger partial charge in [-0.15, -0.1) is 0 Å². The van der Waals surface area contributed by atoms with Crippen LogP contribution in [0.3, 0.4) is 0 Å². The topological polar surface area (TPSA) is 19.0 Å². The molecule has 0 saturated carbocycles. The fourth-order valence-corrected chi connectivity index (χ4v) is 3.50. The Hall–Kier alpha value is -0.620. The molecule has 0 aliphatic rings. The van der Waals surface area contributed by atoms with Crippen molar-refractivity contribution in [1.29, 1.82) is 0 Å². The van der Waals surface area contributed by atoms with Crippen LogP contribution in [-0.2, 0) is 0 Å². The number of nitrogens with zero attached hydrogens (tertiary/aromatic N) is 3. The van der Waals surface area contributed by atoms with Crippen LogP contribution in [-0.4, -0.2) is 79.7 Å². The minimum atomic E-state index is 0.408. The highest BCUT2D eigenvalue weighted by molar-refractivity contribution is 9.10. The SMILES string of the molecule is CCN(CC)CCN(CC)C[C@H](COc1ccc(Br)cc1)N(CC)CC. The monoisotopic (exact) mass is 427 g/mol. The predicted molar refractivity (Wildman–Crippen MR) is 116 cm³/mol. The van der Waals surface area contributed by atoms with Gasteiger partial charge >= 0.3 is 0 Å². The van der Waals surface area contributed by atoms with Gasteiger partial charge in [0.05, 0.1) is 6.04 Å². The Morgan fingerprint density at radius 1 is 0.808 bits per heavy atom. The van der Waals surface area contributed by atoms with E-state index in [0.29, 0.717) is 6.04 Å². The summed E-state index contributed by atoms with van der Waals surface area (Å²) in [4.78, 5) is 7.57. The zero-order chi connectivity index (χ0) is 19.4. The molecule has 0 radical (unpaired) electrons. The minimum absolute atomic E-state index is 0.408. The van der Waals surface area contributed by atoms with Gasteiger partial charge in [-0.25, -0.2) is 0 Å².